The summed E-state index contributed by atoms with van der Waals surface area (Å²) in [5, 5.41) is 20.8. The molecule has 0 atom stereocenters. The second-order valence-electron chi connectivity index (χ2n) is 9.77. The molecule has 0 saturated heterocycles. The van der Waals surface area contributed by atoms with Crippen molar-refractivity contribution >= 4 is 28.3 Å². The van der Waals surface area contributed by atoms with Gasteiger partial charge in [0.15, 0.2) is 18.2 Å². The van der Waals surface area contributed by atoms with Crippen LogP contribution in [0.4, 0.5) is 0 Å². The molecule has 0 aliphatic rings. The SMILES string of the molecule is CCCc1c(OCCCCCCCOc2ccc3ccc(OCC(=O)O)cc3c2C(C)=O)ccc(C(C)=O)c1O. The van der Waals surface area contributed by atoms with E-state index in [9.17, 15) is 19.5 Å². The molecule has 0 aliphatic carbocycles. The van der Waals surface area contributed by atoms with Gasteiger partial charge in [0.2, 0.25) is 0 Å². The maximum atomic E-state index is 12.5. The van der Waals surface area contributed by atoms with Crippen LogP contribution in [0.15, 0.2) is 42.5 Å². The molecule has 3 aromatic carbocycles. The highest BCUT2D eigenvalue weighted by atomic mass is 16.5. The zero-order valence-electron chi connectivity index (χ0n) is 23.5. The third-order valence-electron chi connectivity index (χ3n) is 6.59. The van der Waals surface area contributed by atoms with Gasteiger partial charge < -0.3 is 24.4 Å². The Morgan fingerprint density at radius 2 is 1.40 bits per heavy atom. The third kappa shape index (κ3) is 8.21. The molecule has 3 aromatic rings. The van der Waals surface area contributed by atoms with Crippen LogP contribution in [0.2, 0.25) is 0 Å². The van der Waals surface area contributed by atoms with E-state index in [1.165, 1.54) is 13.8 Å². The molecule has 0 aliphatic heterocycles. The first kappa shape index (κ1) is 30.5. The Kier molecular flexibility index (Phi) is 11.4. The van der Waals surface area contributed by atoms with Crippen LogP contribution in [0, 0.1) is 0 Å². The van der Waals surface area contributed by atoms with Crippen molar-refractivity contribution in [3.8, 4) is 23.0 Å². The van der Waals surface area contributed by atoms with E-state index in [1.54, 1.807) is 36.4 Å². The van der Waals surface area contributed by atoms with E-state index in [4.69, 9.17) is 19.3 Å². The summed E-state index contributed by atoms with van der Waals surface area (Å²) in [6.07, 6.45) is 6.13. The molecular formula is C32H38O8. The highest BCUT2D eigenvalue weighted by Crippen LogP contribution is 2.34. The van der Waals surface area contributed by atoms with E-state index < -0.39 is 12.6 Å². The van der Waals surface area contributed by atoms with Crippen molar-refractivity contribution in [1.29, 1.82) is 0 Å². The molecule has 214 valence electrons. The number of fused-ring (bicyclic) bond motifs is 1. The van der Waals surface area contributed by atoms with Gasteiger partial charge in [-0.3, -0.25) is 9.59 Å². The van der Waals surface area contributed by atoms with Crippen molar-refractivity contribution in [2.24, 2.45) is 0 Å². The largest absolute Gasteiger partial charge is 0.507 e. The summed E-state index contributed by atoms with van der Waals surface area (Å²) in [6.45, 7) is 5.49. The Bertz CT molecular complexity index is 1340. The lowest BCUT2D eigenvalue weighted by Gasteiger charge is -2.15. The average Bonchev–Trinajstić information content (AvgIpc) is 2.91. The van der Waals surface area contributed by atoms with Crippen molar-refractivity contribution < 1.29 is 38.8 Å². The van der Waals surface area contributed by atoms with Crippen LogP contribution in [0.3, 0.4) is 0 Å². The summed E-state index contributed by atoms with van der Waals surface area (Å²) in [7, 11) is 0. The molecule has 8 heteroatoms. The molecule has 0 aromatic heterocycles. The Morgan fingerprint density at radius 1 is 0.775 bits per heavy atom. The maximum absolute atomic E-state index is 12.5. The van der Waals surface area contributed by atoms with Gasteiger partial charge in [-0.15, -0.1) is 0 Å². The molecule has 0 fully saturated rings. The number of phenols is 1. The first-order valence-corrected chi connectivity index (χ1v) is 13.8. The number of ether oxygens (including phenoxy) is 3. The van der Waals surface area contributed by atoms with Gasteiger partial charge in [0.05, 0.1) is 24.3 Å². The summed E-state index contributed by atoms with van der Waals surface area (Å²) in [4.78, 5) is 35.0. The molecule has 0 saturated carbocycles. The lowest BCUT2D eigenvalue weighted by atomic mass is 10.0. The molecule has 2 N–H and O–H groups in total. The van der Waals surface area contributed by atoms with E-state index in [0.717, 1.165) is 43.9 Å². The van der Waals surface area contributed by atoms with Crippen LogP contribution in [0.25, 0.3) is 10.8 Å². The highest BCUT2D eigenvalue weighted by molar-refractivity contribution is 6.09. The van der Waals surface area contributed by atoms with Gasteiger partial charge in [-0.25, -0.2) is 4.79 Å². The summed E-state index contributed by atoms with van der Waals surface area (Å²) in [5.41, 5.74) is 1.47. The molecule has 0 unspecified atom stereocenters. The number of carbonyl (C=O) groups is 3. The van der Waals surface area contributed by atoms with Gasteiger partial charge in [-0.05, 0) is 74.2 Å². The molecule has 8 nitrogen and oxygen atoms in total. The van der Waals surface area contributed by atoms with Crippen molar-refractivity contribution in [2.75, 3.05) is 19.8 Å². The molecule has 40 heavy (non-hydrogen) atoms. The third-order valence-corrected chi connectivity index (χ3v) is 6.59. The number of carboxylic acid groups (broad SMARTS) is 1. The molecule has 0 spiro atoms. The second-order valence-corrected chi connectivity index (χ2v) is 9.77. The normalized spacial score (nSPS) is 10.9. The van der Waals surface area contributed by atoms with E-state index in [0.29, 0.717) is 59.0 Å². The van der Waals surface area contributed by atoms with Crippen LogP contribution >= 0.6 is 0 Å². The average molecular weight is 551 g/mol. The number of Topliss-reactive ketones (excluding diaryl/α,β-unsaturated/α-hetero) is 2. The number of ketones is 2. The fourth-order valence-corrected chi connectivity index (χ4v) is 4.62. The molecule has 3 rings (SSSR count). The van der Waals surface area contributed by atoms with Gasteiger partial charge in [-0.1, -0.05) is 44.7 Å². The number of rotatable bonds is 17. The number of phenolic OH excluding ortho intramolecular Hbond substituents is 1. The summed E-state index contributed by atoms with van der Waals surface area (Å²) in [6, 6.07) is 12.2. The van der Waals surface area contributed by atoms with Gasteiger partial charge in [0.25, 0.3) is 0 Å². The van der Waals surface area contributed by atoms with E-state index in [2.05, 4.69) is 0 Å². The van der Waals surface area contributed by atoms with Gasteiger partial charge in [0.1, 0.15) is 23.0 Å². The number of benzene rings is 3. The van der Waals surface area contributed by atoms with E-state index in [1.807, 2.05) is 13.0 Å². The Morgan fingerprint density at radius 3 is 2.02 bits per heavy atom. The van der Waals surface area contributed by atoms with Crippen LogP contribution in [0.1, 0.15) is 85.6 Å². The smallest absolute Gasteiger partial charge is 0.341 e. The fourth-order valence-electron chi connectivity index (χ4n) is 4.62. The van der Waals surface area contributed by atoms with Crippen LogP contribution < -0.4 is 14.2 Å². The first-order valence-electron chi connectivity index (χ1n) is 13.8. The van der Waals surface area contributed by atoms with Crippen molar-refractivity contribution in [3.05, 3.63) is 59.2 Å². The molecule has 0 bridgehead atoms. The van der Waals surface area contributed by atoms with Crippen molar-refractivity contribution in [2.45, 2.75) is 65.7 Å². The van der Waals surface area contributed by atoms with Crippen LogP contribution in [-0.4, -0.2) is 47.6 Å². The quantitative estimate of drug-likeness (QED) is 0.140. The highest BCUT2D eigenvalue weighted by Gasteiger charge is 2.16. The number of aromatic hydroxyl groups is 1. The van der Waals surface area contributed by atoms with Crippen molar-refractivity contribution in [3.63, 3.8) is 0 Å². The fraction of sp³-hybridized carbons (Fsp3) is 0.406. The monoisotopic (exact) mass is 550 g/mol. The second kappa shape index (κ2) is 14.9. The first-order chi connectivity index (χ1) is 19.2. The minimum absolute atomic E-state index is 0.0261. The number of aliphatic carboxylic acids is 1. The van der Waals surface area contributed by atoms with E-state index in [-0.39, 0.29) is 17.3 Å². The lowest BCUT2D eigenvalue weighted by Crippen LogP contribution is -2.09. The zero-order valence-corrected chi connectivity index (χ0v) is 23.5. The summed E-state index contributed by atoms with van der Waals surface area (Å²) in [5.74, 6) is 0.171. The predicted molar refractivity (Wildman–Crippen MR) is 153 cm³/mol. The maximum Gasteiger partial charge on any atom is 0.341 e. The van der Waals surface area contributed by atoms with Gasteiger partial charge in [-0.2, -0.15) is 0 Å². The number of carbonyl (C=O) groups excluding carboxylic acids is 2. The molecule has 0 amide bonds. The van der Waals surface area contributed by atoms with Crippen LogP contribution in [0.5, 0.6) is 23.0 Å². The molecule has 0 heterocycles. The Hall–Kier alpha value is -4.07. The minimum atomic E-state index is -1.07. The van der Waals surface area contributed by atoms with Crippen molar-refractivity contribution in [1.82, 2.24) is 0 Å². The number of hydrogen-bond acceptors (Lipinski definition) is 7. The number of carboxylic acids is 1. The van der Waals surface area contributed by atoms with E-state index >= 15 is 0 Å². The topological polar surface area (TPSA) is 119 Å². The number of hydrogen-bond donors (Lipinski definition) is 2. The minimum Gasteiger partial charge on any atom is -0.507 e. The van der Waals surface area contributed by atoms with Gasteiger partial charge in [0, 0.05) is 5.56 Å². The number of unbranched alkanes of at least 4 members (excludes halogenated alkanes) is 4. The summed E-state index contributed by atoms with van der Waals surface area (Å²) < 4.78 is 17.2. The summed E-state index contributed by atoms with van der Waals surface area (Å²) >= 11 is 0. The Balaban J connectivity index is 1.45. The standard InChI is InChI=1S/C32H38O8/c1-4-10-26-28(16-14-25(21(2)33)32(26)37)38-17-8-6-5-7-9-18-39-29-15-12-23-11-13-24(40-20-30(35)36)19-27(23)31(29)22(3)34/h11-16,19,37H,4-10,17-18,20H2,1-3H3,(H,35,36). The molecule has 0 radical (unpaired) electrons. The van der Waals surface area contributed by atoms with Gasteiger partial charge >= 0.3 is 5.97 Å². The molecular weight excluding hydrogens is 512 g/mol. The predicted octanol–water partition coefficient (Wildman–Crippen LogP) is 6.77. The lowest BCUT2D eigenvalue weighted by molar-refractivity contribution is -0.139. The zero-order chi connectivity index (χ0) is 29.1. The Labute approximate surface area is 234 Å². The van der Waals surface area contributed by atoms with Crippen LogP contribution in [-0.2, 0) is 11.2 Å².